The Bertz CT molecular complexity index is 509. The Kier molecular flexibility index (Phi) is 6.29. The van der Waals surface area contributed by atoms with E-state index in [4.69, 9.17) is 4.74 Å². The molecule has 5 nitrogen and oxygen atoms in total. The highest BCUT2D eigenvalue weighted by atomic mass is 16.5. The predicted molar refractivity (Wildman–Crippen MR) is 76.7 cm³/mol. The highest BCUT2D eigenvalue weighted by Crippen LogP contribution is 2.21. The Hall–Kier alpha value is -2.30. The van der Waals surface area contributed by atoms with Gasteiger partial charge in [0.1, 0.15) is 11.3 Å². The predicted octanol–water partition coefficient (Wildman–Crippen LogP) is 2.02. The molecule has 0 fully saturated rings. The lowest BCUT2D eigenvalue weighted by molar-refractivity contribution is -0.118. The molecule has 0 aliphatic carbocycles. The van der Waals surface area contributed by atoms with E-state index in [1.807, 2.05) is 18.2 Å². The number of rotatable bonds is 6. The van der Waals surface area contributed by atoms with Crippen LogP contribution in [0.4, 0.5) is 0 Å². The molecule has 0 unspecified atom stereocenters. The summed E-state index contributed by atoms with van der Waals surface area (Å²) in [6.07, 6.45) is 4.59. The molecule has 1 amide bonds. The summed E-state index contributed by atoms with van der Waals surface area (Å²) in [5.74, 6) is 0.00592. The van der Waals surface area contributed by atoms with Gasteiger partial charge in [-0.3, -0.25) is 4.79 Å². The second kappa shape index (κ2) is 7.99. The number of carbonyl (C=O) groups excluding carboxylic acids is 2. The summed E-state index contributed by atoms with van der Waals surface area (Å²) < 4.78 is 9.85. The molecule has 0 aromatic heterocycles. The zero-order valence-electron chi connectivity index (χ0n) is 11.9. The molecule has 0 bridgehead atoms. The van der Waals surface area contributed by atoms with Crippen molar-refractivity contribution in [3.05, 3.63) is 35.4 Å². The molecule has 0 saturated carbocycles. The summed E-state index contributed by atoms with van der Waals surface area (Å²) >= 11 is 0. The van der Waals surface area contributed by atoms with Gasteiger partial charge in [-0.2, -0.15) is 0 Å². The van der Waals surface area contributed by atoms with Gasteiger partial charge in [-0.05, 0) is 24.1 Å². The number of hydrogen-bond acceptors (Lipinski definition) is 4. The van der Waals surface area contributed by atoms with Crippen LogP contribution in [0.3, 0.4) is 0 Å². The van der Waals surface area contributed by atoms with Crippen LogP contribution in [0.15, 0.2) is 24.3 Å². The molecule has 0 spiro atoms. The molecule has 0 saturated heterocycles. The highest BCUT2D eigenvalue weighted by Gasteiger charge is 2.12. The molecule has 1 aromatic rings. The minimum Gasteiger partial charge on any atom is -0.496 e. The van der Waals surface area contributed by atoms with E-state index in [2.05, 4.69) is 10.1 Å². The molecule has 5 heteroatoms. The number of esters is 1. The van der Waals surface area contributed by atoms with Gasteiger partial charge in [0.15, 0.2) is 0 Å². The van der Waals surface area contributed by atoms with E-state index in [9.17, 15) is 9.59 Å². The van der Waals surface area contributed by atoms with Crippen LogP contribution >= 0.6 is 0 Å². The van der Waals surface area contributed by atoms with Crippen LogP contribution in [0.1, 0.15) is 29.3 Å². The van der Waals surface area contributed by atoms with E-state index in [1.165, 1.54) is 21.1 Å². The maximum atomic E-state index is 11.5. The van der Waals surface area contributed by atoms with E-state index in [0.29, 0.717) is 17.9 Å². The maximum absolute atomic E-state index is 11.5. The highest BCUT2D eigenvalue weighted by molar-refractivity contribution is 5.92. The van der Waals surface area contributed by atoms with Crippen LogP contribution in [0.2, 0.25) is 0 Å². The number of nitrogens with one attached hydrogen (secondary N) is 1. The van der Waals surface area contributed by atoms with E-state index in [-0.39, 0.29) is 5.91 Å². The van der Waals surface area contributed by atoms with Crippen LogP contribution in [0.5, 0.6) is 5.75 Å². The number of amides is 1. The quantitative estimate of drug-likeness (QED) is 0.638. The third-order valence-corrected chi connectivity index (χ3v) is 2.63. The first kappa shape index (κ1) is 15.8. The Morgan fingerprint density at radius 3 is 2.65 bits per heavy atom. The van der Waals surface area contributed by atoms with E-state index in [0.717, 1.165) is 12.0 Å². The molecule has 0 aliphatic heterocycles. The Morgan fingerprint density at radius 2 is 2.05 bits per heavy atom. The summed E-state index contributed by atoms with van der Waals surface area (Å²) in [6, 6.07) is 5.24. The standard InChI is InChI=1S/C15H19NO4/c1-11(17)16-9-5-4-6-12-7-8-13(15(18)20-3)14(10-12)19-2/h4,6-8,10H,5,9H2,1-3H3,(H,16,17). The average Bonchev–Trinajstić information content (AvgIpc) is 2.45. The van der Waals surface area contributed by atoms with Crippen molar-refractivity contribution in [1.29, 1.82) is 0 Å². The lowest BCUT2D eigenvalue weighted by Gasteiger charge is -2.07. The first-order valence-electron chi connectivity index (χ1n) is 6.25. The number of methoxy groups -OCH3 is 2. The van der Waals surface area contributed by atoms with E-state index in [1.54, 1.807) is 12.1 Å². The monoisotopic (exact) mass is 277 g/mol. The van der Waals surface area contributed by atoms with Gasteiger partial charge in [-0.15, -0.1) is 0 Å². The number of carbonyl (C=O) groups is 2. The average molecular weight is 277 g/mol. The van der Waals surface area contributed by atoms with Crippen LogP contribution < -0.4 is 10.1 Å². The molecule has 20 heavy (non-hydrogen) atoms. The van der Waals surface area contributed by atoms with Gasteiger partial charge in [0.25, 0.3) is 0 Å². The van der Waals surface area contributed by atoms with Crippen molar-refractivity contribution in [3.8, 4) is 5.75 Å². The van der Waals surface area contributed by atoms with Crippen molar-refractivity contribution >= 4 is 18.0 Å². The summed E-state index contributed by atoms with van der Waals surface area (Å²) in [6.45, 7) is 2.09. The van der Waals surface area contributed by atoms with E-state index < -0.39 is 5.97 Å². The number of ether oxygens (including phenoxy) is 2. The first-order chi connectivity index (χ1) is 9.58. The van der Waals surface area contributed by atoms with E-state index >= 15 is 0 Å². The van der Waals surface area contributed by atoms with Crippen molar-refractivity contribution in [2.45, 2.75) is 13.3 Å². The maximum Gasteiger partial charge on any atom is 0.341 e. The first-order valence-corrected chi connectivity index (χ1v) is 6.25. The van der Waals surface area contributed by atoms with Crippen molar-refractivity contribution in [2.75, 3.05) is 20.8 Å². The molecule has 1 N–H and O–H groups in total. The van der Waals surface area contributed by atoms with Crippen molar-refractivity contribution in [3.63, 3.8) is 0 Å². The van der Waals surface area contributed by atoms with Crippen LogP contribution in [0, 0.1) is 0 Å². The summed E-state index contributed by atoms with van der Waals surface area (Å²) in [4.78, 5) is 22.2. The third kappa shape index (κ3) is 4.76. The second-order valence-electron chi connectivity index (χ2n) is 4.13. The van der Waals surface area contributed by atoms with Gasteiger partial charge in [0.05, 0.1) is 14.2 Å². The molecule has 108 valence electrons. The minimum absolute atomic E-state index is 0.0394. The van der Waals surface area contributed by atoms with Gasteiger partial charge in [0.2, 0.25) is 5.91 Å². The SMILES string of the molecule is COC(=O)c1ccc(C=CCCNC(C)=O)cc1OC. The smallest absolute Gasteiger partial charge is 0.341 e. The molecule has 1 rings (SSSR count). The lowest BCUT2D eigenvalue weighted by Crippen LogP contribution is -2.20. The lowest BCUT2D eigenvalue weighted by atomic mass is 10.1. The van der Waals surface area contributed by atoms with Crippen molar-refractivity contribution in [2.24, 2.45) is 0 Å². The fourth-order valence-corrected chi connectivity index (χ4v) is 1.64. The summed E-state index contributed by atoms with van der Waals surface area (Å²) in [7, 11) is 2.84. The van der Waals surface area contributed by atoms with Gasteiger partial charge < -0.3 is 14.8 Å². The van der Waals surface area contributed by atoms with Gasteiger partial charge in [0, 0.05) is 13.5 Å². The zero-order chi connectivity index (χ0) is 15.0. The number of hydrogen-bond donors (Lipinski definition) is 1. The minimum atomic E-state index is -0.428. The fraction of sp³-hybridized carbons (Fsp3) is 0.333. The third-order valence-electron chi connectivity index (χ3n) is 2.63. The topological polar surface area (TPSA) is 64.6 Å². The van der Waals surface area contributed by atoms with Crippen LogP contribution in [-0.4, -0.2) is 32.6 Å². The zero-order valence-corrected chi connectivity index (χ0v) is 11.9. The molecular formula is C15H19NO4. The fourth-order valence-electron chi connectivity index (χ4n) is 1.64. The van der Waals surface area contributed by atoms with Gasteiger partial charge >= 0.3 is 5.97 Å². The summed E-state index contributed by atoms with van der Waals surface area (Å²) in [5, 5.41) is 2.71. The van der Waals surface area contributed by atoms with Crippen molar-refractivity contribution < 1.29 is 19.1 Å². The van der Waals surface area contributed by atoms with Crippen LogP contribution in [0.25, 0.3) is 6.08 Å². The Labute approximate surface area is 118 Å². The second-order valence-corrected chi connectivity index (χ2v) is 4.13. The molecular weight excluding hydrogens is 258 g/mol. The molecule has 0 radical (unpaired) electrons. The van der Waals surface area contributed by atoms with Crippen LogP contribution in [-0.2, 0) is 9.53 Å². The normalized spacial score (nSPS) is 10.3. The molecule has 1 aromatic carbocycles. The van der Waals surface area contributed by atoms with Gasteiger partial charge in [-0.1, -0.05) is 18.2 Å². The molecule has 0 heterocycles. The molecule has 0 aliphatic rings. The Balaban J connectivity index is 2.70. The Morgan fingerprint density at radius 1 is 1.30 bits per heavy atom. The largest absolute Gasteiger partial charge is 0.496 e. The number of benzene rings is 1. The van der Waals surface area contributed by atoms with Crippen molar-refractivity contribution in [1.82, 2.24) is 5.32 Å². The molecule has 0 atom stereocenters. The van der Waals surface area contributed by atoms with Gasteiger partial charge in [-0.25, -0.2) is 4.79 Å². The summed E-state index contributed by atoms with van der Waals surface area (Å²) in [5.41, 5.74) is 1.31.